The molecule has 0 atom stereocenters. The summed E-state index contributed by atoms with van der Waals surface area (Å²) in [4.78, 5) is 28.8. The Morgan fingerprint density at radius 3 is 2.92 bits per heavy atom. The monoisotopic (exact) mass is 327 g/mol. The third kappa shape index (κ3) is 2.85. The number of carbonyl (C=O) groups is 1. The number of rotatable bonds is 4. The Kier molecular flexibility index (Phi) is 4.03. The molecule has 1 aromatic carbocycles. The zero-order valence-corrected chi connectivity index (χ0v) is 13.6. The number of hydrogen-bond donors (Lipinski definition) is 1. The zero-order valence-electron chi connectivity index (χ0n) is 13.6. The summed E-state index contributed by atoms with van der Waals surface area (Å²) in [5, 5.41) is 7.14. The molecule has 2 heterocycles. The highest BCUT2D eigenvalue weighted by atomic mass is 16.5. The van der Waals surface area contributed by atoms with Crippen LogP contribution in [0, 0.1) is 6.92 Å². The largest absolute Gasteiger partial charge is 0.495 e. The molecule has 124 valence electrons. The third-order valence-electron chi connectivity index (χ3n) is 3.66. The van der Waals surface area contributed by atoms with E-state index in [1.807, 2.05) is 19.1 Å². The second kappa shape index (κ2) is 6.15. The number of nitrogens with one attached hydrogen (secondary N) is 1. The Balaban J connectivity index is 1.84. The number of aromatic nitrogens is 4. The fourth-order valence-electron chi connectivity index (χ4n) is 2.44. The molecule has 3 aromatic rings. The first-order chi connectivity index (χ1) is 11.5. The molecule has 24 heavy (non-hydrogen) atoms. The Morgan fingerprint density at radius 2 is 2.17 bits per heavy atom. The summed E-state index contributed by atoms with van der Waals surface area (Å²) in [6.07, 6.45) is 2.79. The first-order valence-corrected chi connectivity index (χ1v) is 7.31. The maximum Gasteiger partial charge on any atom is 0.264 e. The first-order valence-electron chi connectivity index (χ1n) is 7.31. The van der Waals surface area contributed by atoms with Gasteiger partial charge in [0, 0.05) is 7.05 Å². The van der Waals surface area contributed by atoms with E-state index in [2.05, 4.69) is 15.4 Å². The van der Waals surface area contributed by atoms with E-state index in [1.54, 1.807) is 13.1 Å². The van der Waals surface area contributed by atoms with Crippen LogP contribution in [0.5, 0.6) is 5.75 Å². The fraction of sp³-hybridized carbons (Fsp3) is 0.250. The van der Waals surface area contributed by atoms with Gasteiger partial charge in [0.1, 0.15) is 24.0 Å². The van der Waals surface area contributed by atoms with Crippen LogP contribution in [-0.4, -0.2) is 32.3 Å². The van der Waals surface area contributed by atoms with E-state index < -0.39 is 0 Å². The van der Waals surface area contributed by atoms with Crippen molar-refractivity contribution in [2.75, 3.05) is 12.4 Å². The number of carbonyl (C=O) groups excluding carboxylic acids is 1. The van der Waals surface area contributed by atoms with Crippen molar-refractivity contribution < 1.29 is 9.53 Å². The molecule has 0 unspecified atom stereocenters. The van der Waals surface area contributed by atoms with Crippen molar-refractivity contribution >= 4 is 22.6 Å². The van der Waals surface area contributed by atoms with Crippen molar-refractivity contribution in [3.63, 3.8) is 0 Å². The Morgan fingerprint density at radius 1 is 1.38 bits per heavy atom. The quantitative estimate of drug-likeness (QED) is 0.774. The van der Waals surface area contributed by atoms with Gasteiger partial charge in [-0.05, 0) is 24.6 Å². The molecule has 0 aliphatic carbocycles. The highest BCUT2D eigenvalue weighted by Crippen LogP contribution is 2.25. The van der Waals surface area contributed by atoms with Crippen LogP contribution in [0.25, 0.3) is 11.0 Å². The van der Waals surface area contributed by atoms with E-state index in [9.17, 15) is 9.59 Å². The van der Waals surface area contributed by atoms with Gasteiger partial charge in [-0.15, -0.1) is 0 Å². The lowest BCUT2D eigenvalue weighted by atomic mass is 10.2. The van der Waals surface area contributed by atoms with Gasteiger partial charge in [-0.1, -0.05) is 6.07 Å². The molecule has 3 rings (SSSR count). The van der Waals surface area contributed by atoms with Gasteiger partial charge in [-0.3, -0.25) is 18.8 Å². The number of fused-ring (bicyclic) bond motifs is 1. The number of nitrogens with zero attached hydrogens (tertiary/aromatic N) is 4. The van der Waals surface area contributed by atoms with Crippen LogP contribution in [0.15, 0.2) is 35.5 Å². The molecule has 0 aliphatic heterocycles. The van der Waals surface area contributed by atoms with Gasteiger partial charge in [-0.2, -0.15) is 5.10 Å². The Labute approximate surface area is 137 Å². The lowest BCUT2D eigenvalue weighted by Crippen LogP contribution is -2.28. The summed E-state index contributed by atoms with van der Waals surface area (Å²) in [6, 6.07) is 5.47. The van der Waals surface area contributed by atoms with E-state index in [1.165, 1.54) is 28.9 Å². The molecule has 8 nitrogen and oxygen atoms in total. The maximum atomic E-state index is 12.4. The summed E-state index contributed by atoms with van der Waals surface area (Å²) < 4.78 is 7.99. The molecule has 0 bridgehead atoms. The molecule has 8 heteroatoms. The van der Waals surface area contributed by atoms with Crippen LogP contribution < -0.4 is 15.6 Å². The zero-order chi connectivity index (χ0) is 17.3. The molecular formula is C16H17N5O3. The summed E-state index contributed by atoms with van der Waals surface area (Å²) in [7, 11) is 3.24. The van der Waals surface area contributed by atoms with Crippen LogP contribution in [0.2, 0.25) is 0 Å². The van der Waals surface area contributed by atoms with Crippen molar-refractivity contribution in [2.24, 2.45) is 7.05 Å². The SMILES string of the molecule is COc1ccc(C)cc1NC(=O)Cn1cnc2c(cnn2C)c1=O. The van der Waals surface area contributed by atoms with Crippen molar-refractivity contribution in [3.05, 3.63) is 46.6 Å². The average Bonchev–Trinajstić information content (AvgIpc) is 2.92. The molecule has 0 radical (unpaired) electrons. The minimum atomic E-state index is -0.342. The molecule has 0 fully saturated rings. The van der Waals surface area contributed by atoms with Gasteiger partial charge in [0.15, 0.2) is 5.65 Å². The second-order valence-electron chi connectivity index (χ2n) is 5.43. The topological polar surface area (TPSA) is 91.0 Å². The van der Waals surface area contributed by atoms with E-state index in [0.29, 0.717) is 22.5 Å². The first kappa shape index (κ1) is 15.7. The van der Waals surface area contributed by atoms with Crippen molar-refractivity contribution in [3.8, 4) is 5.75 Å². The number of methoxy groups -OCH3 is 1. The number of ether oxygens (including phenoxy) is 1. The maximum absolute atomic E-state index is 12.4. The van der Waals surface area contributed by atoms with Crippen molar-refractivity contribution in [1.29, 1.82) is 0 Å². The number of aryl methyl sites for hydroxylation is 2. The van der Waals surface area contributed by atoms with E-state index in [4.69, 9.17) is 4.74 Å². The lowest BCUT2D eigenvalue weighted by molar-refractivity contribution is -0.116. The highest BCUT2D eigenvalue weighted by Gasteiger charge is 2.12. The van der Waals surface area contributed by atoms with E-state index in [0.717, 1.165) is 5.56 Å². The van der Waals surface area contributed by atoms with E-state index >= 15 is 0 Å². The normalized spacial score (nSPS) is 10.8. The van der Waals surface area contributed by atoms with Crippen molar-refractivity contribution in [1.82, 2.24) is 19.3 Å². The predicted octanol–water partition coefficient (Wildman–Crippen LogP) is 1.09. The molecule has 0 aliphatic rings. The molecule has 2 aromatic heterocycles. The Hall–Kier alpha value is -3.16. The minimum absolute atomic E-state index is 0.145. The van der Waals surface area contributed by atoms with Gasteiger partial charge in [0.05, 0.1) is 19.0 Å². The van der Waals surface area contributed by atoms with Gasteiger partial charge in [0.25, 0.3) is 5.56 Å². The minimum Gasteiger partial charge on any atom is -0.495 e. The molecule has 1 N–H and O–H groups in total. The number of amides is 1. The molecule has 0 spiro atoms. The number of anilines is 1. The molecular weight excluding hydrogens is 310 g/mol. The second-order valence-corrected chi connectivity index (χ2v) is 5.43. The van der Waals surface area contributed by atoms with Crippen LogP contribution in [-0.2, 0) is 18.4 Å². The molecule has 0 saturated carbocycles. The predicted molar refractivity (Wildman–Crippen MR) is 89.1 cm³/mol. The standard InChI is InChI=1S/C16H17N5O3/c1-10-4-5-13(24-3)12(6-10)19-14(22)8-21-9-17-15-11(16(21)23)7-18-20(15)2/h4-7,9H,8H2,1-3H3,(H,19,22). The third-order valence-corrected chi connectivity index (χ3v) is 3.66. The highest BCUT2D eigenvalue weighted by molar-refractivity contribution is 5.92. The summed E-state index contributed by atoms with van der Waals surface area (Å²) in [5.74, 6) is 0.216. The van der Waals surface area contributed by atoms with Gasteiger partial charge < -0.3 is 10.1 Å². The van der Waals surface area contributed by atoms with Crippen LogP contribution in [0.3, 0.4) is 0 Å². The van der Waals surface area contributed by atoms with Gasteiger partial charge in [0.2, 0.25) is 5.91 Å². The van der Waals surface area contributed by atoms with Crippen LogP contribution in [0.4, 0.5) is 5.69 Å². The molecule has 1 amide bonds. The summed E-state index contributed by atoms with van der Waals surface area (Å²) in [5.41, 5.74) is 1.73. The summed E-state index contributed by atoms with van der Waals surface area (Å²) in [6.45, 7) is 1.77. The average molecular weight is 327 g/mol. The van der Waals surface area contributed by atoms with Gasteiger partial charge in [-0.25, -0.2) is 4.98 Å². The number of benzene rings is 1. The number of hydrogen-bond acceptors (Lipinski definition) is 5. The summed E-state index contributed by atoms with van der Waals surface area (Å²) >= 11 is 0. The lowest BCUT2D eigenvalue weighted by Gasteiger charge is -2.11. The molecule has 0 saturated heterocycles. The van der Waals surface area contributed by atoms with Gasteiger partial charge >= 0.3 is 0 Å². The van der Waals surface area contributed by atoms with E-state index in [-0.39, 0.29) is 18.0 Å². The van der Waals surface area contributed by atoms with Crippen LogP contribution in [0.1, 0.15) is 5.56 Å². The fourth-order valence-corrected chi connectivity index (χ4v) is 2.44. The van der Waals surface area contributed by atoms with Crippen molar-refractivity contribution in [2.45, 2.75) is 13.5 Å². The van der Waals surface area contributed by atoms with Crippen LogP contribution >= 0.6 is 0 Å². The smallest absolute Gasteiger partial charge is 0.264 e. The Bertz CT molecular complexity index is 973.